The van der Waals surface area contributed by atoms with Crippen LogP contribution < -0.4 is 0 Å². The van der Waals surface area contributed by atoms with Crippen molar-refractivity contribution in [2.45, 2.75) is 38.3 Å². The monoisotopic (exact) mass is 277 g/mol. The molecule has 0 unspecified atom stereocenters. The van der Waals surface area contributed by atoms with Gasteiger partial charge in [-0.1, -0.05) is 12.8 Å². The van der Waals surface area contributed by atoms with Crippen LogP contribution in [-0.2, 0) is 16.6 Å². The van der Waals surface area contributed by atoms with Crippen LogP contribution in [0.5, 0.6) is 0 Å². The molecule has 0 aliphatic heterocycles. The van der Waals surface area contributed by atoms with Crippen molar-refractivity contribution >= 4 is 21.6 Å². The van der Waals surface area contributed by atoms with Crippen LogP contribution in [0.15, 0.2) is 22.8 Å². The molecule has 0 saturated heterocycles. The van der Waals surface area contributed by atoms with Crippen molar-refractivity contribution in [1.29, 1.82) is 0 Å². The minimum Gasteiger partial charge on any atom is -0.468 e. The van der Waals surface area contributed by atoms with E-state index in [1.165, 1.54) is 4.31 Å². The molecule has 0 atom stereocenters. The summed E-state index contributed by atoms with van der Waals surface area (Å²) in [6.07, 6.45) is 5.54. The molecule has 1 fully saturated rings. The summed E-state index contributed by atoms with van der Waals surface area (Å²) >= 11 is 5.55. The van der Waals surface area contributed by atoms with E-state index in [-0.39, 0.29) is 17.8 Å². The molecule has 2 rings (SSSR count). The predicted octanol–water partition coefficient (Wildman–Crippen LogP) is 2.55. The predicted molar refractivity (Wildman–Crippen MR) is 66.1 cm³/mol. The summed E-state index contributed by atoms with van der Waals surface area (Å²) in [5.41, 5.74) is 0. The molecule has 4 nitrogen and oxygen atoms in total. The fourth-order valence-corrected chi connectivity index (χ4v) is 3.76. The van der Waals surface area contributed by atoms with Gasteiger partial charge in [-0.05, 0) is 25.0 Å². The highest BCUT2D eigenvalue weighted by Gasteiger charge is 2.32. The fourth-order valence-electron chi connectivity index (χ4n) is 2.27. The summed E-state index contributed by atoms with van der Waals surface area (Å²) in [6, 6.07) is 3.62. The van der Waals surface area contributed by atoms with Gasteiger partial charge in [0.15, 0.2) is 0 Å². The van der Waals surface area contributed by atoms with E-state index in [1.807, 2.05) is 0 Å². The van der Waals surface area contributed by atoms with Crippen LogP contribution in [0.1, 0.15) is 31.4 Å². The zero-order valence-corrected chi connectivity index (χ0v) is 11.1. The van der Waals surface area contributed by atoms with E-state index in [0.717, 1.165) is 25.7 Å². The normalized spacial score (nSPS) is 18.0. The molecule has 1 heterocycles. The molecule has 17 heavy (non-hydrogen) atoms. The third-order valence-corrected chi connectivity index (χ3v) is 5.36. The highest BCUT2D eigenvalue weighted by atomic mass is 35.5. The third-order valence-electron chi connectivity index (χ3n) is 3.12. The van der Waals surface area contributed by atoms with Gasteiger partial charge in [-0.15, -0.1) is 11.6 Å². The third kappa shape index (κ3) is 3.03. The van der Waals surface area contributed by atoms with E-state index in [9.17, 15) is 8.42 Å². The van der Waals surface area contributed by atoms with Gasteiger partial charge >= 0.3 is 0 Å². The van der Waals surface area contributed by atoms with Crippen molar-refractivity contribution in [1.82, 2.24) is 4.31 Å². The van der Waals surface area contributed by atoms with Crippen molar-refractivity contribution in [3.63, 3.8) is 0 Å². The van der Waals surface area contributed by atoms with Gasteiger partial charge in [0.1, 0.15) is 11.0 Å². The Morgan fingerprint density at radius 2 is 2.12 bits per heavy atom. The Kier molecular flexibility index (Phi) is 4.12. The van der Waals surface area contributed by atoms with E-state index in [4.69, 9.17) is 16.0 Å². The molecule has 1 saturated carbocycles. The number of sulfonamides is 1. The first-order chi connectivity index (χ1) is 8.13. The summed E-state index contributed by atoms with van der Waals surface area (Å²) in [6.45, 7) is 0.284. The summed E-state index contributed by atoms with van der Waals surface area (Å²) in [5, 5.41) is -0.371. The van der Waals surface area contributed by atoms with E-state index >= 15 is 0 Å². The summed E-state index contributed by atoms with van der Waals surface area (Å²) in [5.74, 6) is 0.658. The van der Waals surface area contributed by atoms with Gasteiger partial charge < -0.3 is 4.42 Å². The lowest BCUT2D eigenvalue weighted by Crippen LogP contribution is -2.38. The van der Waals surface area contributed by atoms with Crippen LogP contribution in [0.25, 0.3) is 0 Å². The number of furan rings is 1. The van der Waals surface area contributed by atoms with Gasteiger partial charge in [0.2, 0.25) is 10.0 Å². The average Bonchev–Trinajstić information content (AvgIpc) is 2.98. The van der Waals surface area contributed by atoms with Crippen LogP contribution in [-0.4, -0.2) is 24.0 Å². The van der Waals surface area contributed by atoms with Gasteiger partial charge in [-0.2, -0.15) is 4.31 Å². The van der Waals surface area contributed by atoms with Gasteiger partial charge in [-0.3, -0.25) is 0 Å². The quantitative estimate of drug-likeness (QED) is 0.777. The maximum absolute atomic E-state index is 12.0. The molecule has 0 aromatic carbocycles. The van der Waals surface area contributed by atoms with Crippen molar-refractivity contribution in [3.05, 3.63) is 24.2 Å². The maximum Gasteiger partial charge on any atom is 0.228 e. The second-order valence-electron chi connectivity index (χ2n) is 4.28. The van der Waals surface area contributed by atoms with Gasteiger partial charge in [-0.25, -0.2) is 8.42 Å². The minimum absolute atomic E-state index is 0.0730. The van der Waals surface area contributed by atoms with Crippen LogP contribution in [0, 0.1) is 0 Å². The Morgan fingerprint density at radius 1 is 1.41 bits per heavy atom. The van der Waals surface area contributed by atoms with Gasteiger partial charge in [0.05, 0.1) is 12.8 Å². The highest BCUT2D eigenvalue weighted by molar-refractivity contribution is 7.90. The number of rotatable bonds is 5. The van der Waals surface area contributed by atoms with Gasteiger partial charge in [0.25, 0.3) is 0 Å². The smallest absolute Gasteiger partial charge is 0.228 e. The zero-order chi connectivity index (χ0) is 12.3. The van der Waals surface area contributed by atoms with E-state index in [1.54, 1.807) is 18.4 Å². The molecule has 0 N–H and O–H groups in total. The molecule has 0 spiro atoms. The molecular formula is C11H16ClNO3S. The van der Waals surface area contributed by atoms with Crippen LogP contribution >= 0.6 is 11.6 Å². The molecule has 1 aromatic rings. The van der Waals surface area contributed by atoms with Gasteiger partial charge in [0, 0.05) is 6.04 Å². The highest BCUT2D eigenvalue weighted by Crippen LogP contribution is 2.27. The van der Waals surface area contributed by atoms with E-state index in [0.29, 0.717) is 5.76 Å². The Hall–Kier alpha value is -0.520. The molecule has 1 aliphatic rings. The second-order valence-corrected chi connectivity index (χ2v) is 6.79. The minimum atomic E-state index is -3.38. The van der Waals surface area contributed by atoms with Crippen LogP contribution in [0.4, 0.5) is 0 Å². The van der Waals surface area contributed by atoms with Crippen LogP contribution in [0.2, 0.25) is 0 Å². The molecule has 1 aromatic heterocycles. The summed E-state index contributed by atoms with van der Waals surface area (Å²) in [7, 11) is -3.38. The Morgan fingerprint density at radius 3 is 2.65 bits per heavy atom. The van der Waals surface area contributed by atoms with Crippen LogP contribution in [0.3, 0.4) is 0 Å². The molecule has 1 aliphatic carbocycles. The average molecular weight is 278 g/mol. The van der Waals surface area contributed by atoms with Crippen molar-refractivity contribution < 1.29 is 12.8 Å². The topological polar surface area (TPSA) is 50.5 Å². The maximum atomic E-state index is 12.0. The first-order valence-corrected chi connectivity index (χ1v) is 7.86. The summed E-state index contributed by atoms with van der Waals surface area (Å²) < 4.78 is 30.6. The Labute approximate surface area is 107 Å². The fraction of sp³-hybridized carbons (Fsp3) is 0.636. The standard InChI is InChI=1S/C11H16ClNO3S/c12-9-17(14,15)13(10-4-1-2-5-10)8-11-6-3-7-16-11/h3,6-7,10H,1-2,4-5,8-9H2. The van der Waals surface area contributed by atoms with Crippen molar-refractivity contribution in [3.8, 4) is 0 Å². The van der Waals surface area contributed by atoms with Crippen molar-refractivity contribution in [2.24, 2.45) is 0 Å². The number of alkyl halides is 1. The Balaban J connectivity index is 2.18. The zero-order valence-electron chi connectivity index (χ0n) is 9.51. The SMILES string of the molecule is O=S(=O)(CCl)N(Cc1ccco1)C1CCCC1. The van der Waals surface area contributed by atoms with Crippen molar-refractivity contribution in [2.75, 3.05) is 5.21 Å². The number of hydrogen-bond acceptors (Lipinski definition) is 3. The molecule has 6 heteroatoms. The molecular weight excluding hydrogens is 262 g/mol. The second kappa shape index (κ2) is 5.42. The largest absolute Gasteiger partial charge is 0.468 e. The first kappa shape index (κ1) is 12.9. The molecule has 96 valence electrons. The lowest BCUT2D eigenvalue weighted by Gasteiger charge is -2.26. The number of hydrogen-bond donors (Lipinski definition) is 0. The molecule has 0 radical (unpaired) electrons. The first-order valence-electron chi connectivity index (χ1n) is 5.71. The van der Waals surface area contributed by atoms with E-state index < -0.39 is 10.0 Å². The molecule has 0 bridgehead atoms. The number of nitrogens with zero attached hydrogens (tertiary/aromatic N) is 1. The summed E-state index contributed by atoms with van der Waals surface area (Å²) in [4.78, 5) is 0. The lowest BCUT2D eigenvalue weighted by atomic mass is 10.2. The lowest BCUT2D eigenvalue weighted by molar-refractivity contribution is 0.293. The number of halogens is 1. The molecule has 0 amide bonds. The van der Waals surface area contributed by atoms with E-state index in [2.05, 4.69) is 0 Å². The Bertz CT molecular complexity index is 437.